The number of hydrogen-bond donors (Lipinski definition) is 4. The summed E-state index contributed by atoms with van der Waals surface area (Å²) >= 11 is 0. The van der Waals surface area contributed by atoms with E-state index in [9.17, 15) is 19.8 Å². The van der Waals surface area contributed by atoms with Crippen LogP contribution in [0, 0.1) is 0 Å². The van der Waals surface area contributed by atoms with Crippen LogP contribution in [0.25, 0.3) is 0 Å². The van der Waals surface area contributed by atoms with E-state index in [0.717, 1.165) is 22.3 Å². The second-order valence-electron chi connectivity index (χ2n) is 11.5. The van der Waals surface area contributed by atoms with Crippen molar-refractivity contribution in [2.75, 3.05) is 18.9 Å². The van der Waals surface area contributed by atoms with Gasteiger partial charge in [0.1, 0.15) is 0 Å². The number of hydrogen-bond acceptors (Lipinski definition) is 7. The molecule has 9 nitrogen and oxygen atoms in total. The molecular weight excluding hydrogens is 560 g/mol. The monoisotopic (exact) mass is 604 g/mol. The van der Waals surface area contributed by atoms with Crippen molar-refractivity contribution < 1.29 is 34.4 Å². The van der Waals surface area contributed by atoms with Crippen LogP contribution in [0.4, 0.5) is 5.69 Å². The minimum atomic E-state index is -0.818. The summed E-state index contributed by atoms with van der Waals surface area (Å²) in [6, 6.07) is 24.6. The van der Waals surface area contributed by atoms with Crippen molar-refractivity contribution >= 4 is 17.6 Å². The van der Waals surface area contributed by atoms with E-state index in [-0.39, 0.29) is 37.2 Å². The number of unbranched alkanes of at least 4 members (excludes halogenated alkanes) is 2. The molecule has 3 aromatic carbocycles. The highest BCUT2D eigenvalue weighted by atomic mass is 16.7. The third-order valence-electron chi connectivity index (χ3n) is 8.16. The van der Waals surface area contributed by atoms with E-state index >= 15 is 0 Å². The molecule has 0 aromatic heterocycles. The van der Waals surface area contributed by atoms with E-state index in [1.165, 1.54) is 0 Å². The Morgan fingerprint density at radius 1 is 0.909 bits per heavy atom. The second-order valence-corrected chi connectivity index (χ2v) is 11.5. The number of anilines is 1. The van der Waals surface area contributed by atoms with E-state index in [2.05, 4.69) is 10.2 Å². The lowest BCUT2D eigenvalue weighted by Crippen LogP contribution is -2.43. The van der Waals surface area contributed by atoms with Crippen molar-refractivity contribution in [2.45, 2.75) is 82.7 Å². The van der Waals surface area contributed by atoms with Crippen LogP contribution in [0.3, 0.4) is 0 Å². The van der Waals surface area contributed by atoms with Crippen molar-refractivity contribution in [1.29, 1.82) is 0 Å². The molecule has 9 heteroatoms. The lowest BCUT2D eigenvalue weighted by atomic mass is 9.98. The molecule has 44 heavy (non-hydrogen) atoms. The molecule has 0 unspecified atom stereocenters. The number of carboxylic acids is 1. The van der Waals surface area contributed by atoms with Gasteiger partial charge in [0.15, 0.2) is 6.29 Å². The van der Waals surface area contributed by atoms with E-state index in [1.807, 2.05) is 92.8 Å². The number of aliphatic hydroxyl groups is 2. The maximum absolute atomic E-state index is 12.4. The molecule has 5 atom stereocenters. The fraction of sp³-hybridized carbons (Fsp3) is 0.429. The topological polar surface area (TPSA) is 129 Å². The largest absolute Gasteiger partial charge is 0.481 e. The highest BCUT2D eigenvalue weighted by molar-refractivity contribution is 5.90. The Labute approximate surface area is 259 Å². The molecule has 0 saturated carbocycles. The number of aliphatic hydroxyl groups excluding tert-OH is 2. The molecule has 1 amide bonds. The normalized spacial score (nSPS) is 19.8. The van der Waals surface area contributed by atoms with Crippen LogP contribution >= 0.6 is 0 Å². The van der Waals surface area contributed by atoms with Gasteiger partial charge in [-0.15, -0.1) is 0 Å². The molecule has 4 rings (SSSR count). The van der Waals surface area contributed by atoms with E-state index < -0.39 is 18.4 Å². The van der Waals surface area contributed by atoms with Crippen LogP contribution in [0.1, 0.15) is 86.2 Å². The Hall–Kier alpha value is -3.60. The van der Waals surface area contributed by atoms with Gasteiger partial charge in [-0.25, -0.2) is 0 Å². The molecule has 1 heterocycles. The van der Waals surface area contributed by atoms with Gasteiger partial charge in [0, 0.05) is 43.1 Å². The Bertz CT molecular complexity index is 1320. The first-order chi connectivity index (χ1) is 21.2. The molecule has 4 N–H and O–H groups in total. The van der Waals surface area contributed by atoms with Crippen molar-refractivity contribution in [2.24, 2.45) is 0 Å². The highest BCUT2D eigenvalue weighted by Gasteiger charge is 2.34. The zero-order valence-electron chi connectivity index (χ0n) is 25.5. The van der Waals surface area contributed by atoms with E-state index in [1.54, 1.807) is 0 Å². The molecular formula is C35H44N2O7. The molecule has 3 aromatic rings. The fourth-order valence-electron chi connectivity index (χ4n) is 5.38. The number of likely N-dealkylation sites (N-methyl/N-ethyl adjacent to an activating group) is 1. The average molecular weight is 605 g/mol. The molecule has 1 aliphatic heterocycles. The molecule has 1 aliphatic rings. The summed E-state index contributed by atoms with van der Waals surface area (Å²) in [5, 5.41) is 32.1. The summed E-state index contributed by atoms with van der Waals surface area (Å²) in [5.41, 5.74) is 4.17. The van der Waals surface area contributed by atoms with Gasteiger partial charge in [-0.3, -0.25) is 14.5 Å². The number of carbonyl (C=O) groups excluding carboxylic acids is 1. The Morgan fingerprint density at radius 2 is 1.57 bits per heavy atom. The summed E-state index contributed by atoms with van der Waals surface area (Å²) in [6.07, 6.45) is 1.25. The Morgan fingerprint density at radius 3 is 2.23 bits per heavy atom. The number of benzene rings is 3. The van der Waals surface area contributed by atoms with Crippen LogP contribution in [0.15, 0.2) is 78.9 Å². The zero-order valence-corrected chi connectivity index (χ0v) is 25.5. The van der Waals surface area contributed by atoms with E-state index in [0.29, 0.717) is 44.3 Å². The number of rotatable bonds is 15. The number of aliphatic carboxylic acids is 1. The van der Waals surface area contributed by atoms with Crippen molar-refractivity contribution in [3.8, 4) is 0 Å². The van der Waals surface area contributed by atoms with Crippen LogP contribution in [-0.4, -0.2) is 57.8 Å². The first kappa shape index (κ1) is 33.3. The number of carbonyl (C=O) groups is 2. The van der Waals surface area contributed by atoms with Gasteiger partial charge < -0.3 is 30.1 Å². The first-order valence-corrected chi connectivity index (χ1v) is 15.3. The fourth-order valence-corrected chi connectivity index (χ4v) is 5.38. The number of nitrogens with one attached hydrogen (secondary N) is 1. The quantitative estimate of drug-likeness (QED) is 0.162. The third kappa shape index (κ3) is 9.70. The standard InChI is InChI=1S/C35H44N2O7/c1-24(34(42)27-9-5-3-6-10-27)37(2)22-30-21-31(26-15-13-25(23-38)14-16-26)44-35(43-30)28-17-19-29(20-18-28)36-32(39)11-7-4-8-12-33(40)41/h3,5-6,9-10,13-20,24,30-31,34-35,38,42H,4,7-8,11-12,21-23H2,1-2H3,(H,36,39)(H,40,41)/t24-,30+,31-,34-,35-/m1/s1. The number of amides is 1. The van der Waals surface area contributed by atoms with E-state index in [4.69, 9.17) is 14.6 Å². The van der Waals surface area contributed by atoms with Gasteiger partial charge in [-0.05, 0) is 55.6 Å². The number of ether oxygens (including phenoxy) is 2. The van der Waals surface area contributed by atoms with Crippen molar-refractivity contribution in [1.82, 2.24) is 4.90 Å². The molecule has 236 valence electrons. The van der Waals surface area contributed by atoms with Gasteiger partial charge in [0.05, 0.1) is 24.9 Å². The maximum Gasteiger partial charge on any atom is 0.303 e. The van der Waals surface area contributed by atoms with Gasteiger partial charge in [-0.2, -0.15) is 0 Å². The molecule has 0 aliphatic carbocycles. The summed E-state index contributed by atoms with van der Waals surface area (Å²) < 4.78 is 12.9. The minimum Gasteiger partial charge on any atom is -0.481 e. The van der Waals surface area contributed by atoms with Crippen LogP contribution in [-0.2, 0) is 25.7 Å². The lowest BCUT2D eigenvalue weighted by Gasteiger charge is -2.39. The highest BCUT2D eigenvalue weighted by Crippen LogP contribution is 2.38. The van der Waals surface area contributed by atoms with Gasteiger partial charge in [0.2, 0.25) is 5.91 Å². The van der Waals surface area contributed by atoms with Crippen molar-refractivity contribution in [3.05, 3.63) is 101 Å². The zero-order chi connectivity index (χ0) is 31.5. The Kier molecular flexibility index (Phi) is 12.5. The van der Waals surface area contributed by atoms with Gasteiger partial charge in [-0.1, -0.05) is 73.2 Å². The summed E-state index contributed by atoms with van der Waals surface area (Å²) in [5.74, 6) is -0.930. The van der Waals surface area contributed by atoms with Crippen LogP contribution < -0.4 is 5.32 Å². The molecule has 1 fully saturated rings. The van der Waals surface area contributed by atoms with Crippen molar-refractivity contribution in [3.63, 3.8) is 0 Å². The molecule has 0 spiro atoms. The third-order valence-corrected chi connectivity index (χ3v) is 8.16. The molecule has 0 radical (unpaired) electrons. The smallest absolute Gasteiger partial charge is 0.303 e. The summed E-state index contributed by atoms with van der Waals surface area (Å²) in [7, 11) is 1.99. The SMILES string of the molecule is C[C@H]([C@@H](O)c1ccccc1)N(C)C[C@@H]1C[C@H](c2ccc(CO)cc2)O[C@H](c2ccc(NC(=O)CCCCCC(=O)O)cc2)O1. The Balaban J connectivity index is 1.42. The first-order valence-electron chi connectivity index (χ1n) is 15.3. The number of nitrogens with zero attached hydrogens (tertiary/aromatic N) is 1. The second kappa shape index (κ2) is 16.5. The van der Waals surface area contributed by atoms with Crippen LogP contribution in [0.2, 0.25) is 0 Å². The van der Waals surface area contributed by atoms with Gasteiger partial charge in [0.25, 0.3) is 0 Å². The average Bonchev–Trinajstić information content (AvgIpc) is 3.04. The maximum atomic E-state index is 12.4. The summed E-state index contributed by atoms with van der Waals surface area (Å²) in [6.45, 7) is 2.56. The van der Waals surface area contributed by atoms with Gasteiger partial charge >= 0.3 is 5.97 Å². The minimum absolute atomic E-state index is 0.0276. The predicted molar refractivity (Wildman–Crippen MR) is 168 cm³/mol. The van der Waals surface area contributed by atoms with Crippen LogP contribution in [0.5, 0.6) is 0 Å². The predicted octanol–water partition coefficient (Wildman–Crippen LogP) is 5.75. The molecule has 0 bridgehead atoms. The lowest BCUT2D eigenvalue weighted by molar-refractivity contribution is -0.253. The number of carboxylic acid groups (broad SMARTS) is 1. The summed E-state index contributed by atoms with van der Waals surface area (Å²) in [4.78, 5) is 25.1. The molecule has 1 saturated heterocycles.